The highest BCUT2D eigenvalue weighted by Gasteiger charge is 2.39. The number of rotatable bonds is 15. The van der Waals surface area contributed by atoms with Crippen LogP contribution >= 0.6 is 0 Å². The molecule has 0 spiro atoms. The summed E-state index contributed by atoms with van der Waals surface area (Å²) in [7, 11) is -1.46. The van der Waals surface area contributed by atoms with E-state index in [1.165, 1.54) is 11.8 Å². The molecule has 2 N–H and O–H groups in total. The number of ether oxygens (including phenoxy) is 3. The number of nitrogens with one attached hydrogen (secondary N) is 2. The predicted molar refractivity (Wildman–Crippen MR) is 185 cm³/mol. The molecule has 0 aliphatic carbocycles. The molecule has 2 aromatic heterocycles. The summed E-state index contributed by atoms with van der Waals surface area (Å²) in [5.74, 6) is -0.272. The zero-order chi connectivity index (χ0) is 39.8. The highest BCUT2D eigenvalue weighted by Crippen LogP contribution is 2.32. The van der Waals surface area contributed by atoms with Gasteiger partial charge in [0, 0.05) is 65.7 Å². The Hall–Kier alpha value is -3.98. The van der Waals surface area contributed by atoms with E-state index in [0.29, 0.717) is 17.1 Å². The molecule has 53 heavy (non-hydrogen) atoms. The molecule has 0 saturated carbocycles. The van der Waals surface area contributed by atoms with Crippen molar-refractivity contribution >= 4 is 31.7 Å². The van der Waals surface area contributed by atoms with Gasteiger partial charge in [0.2, 0.25) is 11.9 Å². The Morgan fingerprint density at radius 1 is 0.925 bits per heavy atom. The fourth-order valence-electron chi connectivity index (χ4n) is 4.94. The number of aromatic nitrogens is 4. The van der Waals surface area contributed by atoms with Crippen molar-refractivity contribution in [2.24, 2.45) is 0 Å². The number of anilines is 2. The van der Waals surface area contributed by atoms with E-state index in [1.54, 1.807) is 25.7 Å². The summed E-state index contributed by atoms with van der Waals surface area (Å²) in [5, 5.41) is 9.08. The van der Waals surface area contributed by atoms with E-state index in [4.69, 9.17) is 14.2 Å². The average molecular weight is 783 g/mol. The maximum atomic E-state index is 14.0. The Labute approximate surface area is 304 Å². The van der Waals surface area contributed by atoms with Crippen molar-refractivity contribution in [2.45, 2.75) is 96.6 Å². The van der Waals surface area contributed by atoms with E-state index in [1.807, 2.05) is 0 Å². The number of amides is 2. The highest BCUT2D eigenvalue weighted by molar-refractivity contribution is 6.76. The molecule has 2 unspecified atom stereocenters. The van der Waals surface area contributed by atoms with E-state index >= 15 is 0 Å². The molecule has 1 fully saturated rings. The summed E-state index contributed by atoms with van der Waals surface area (Å²) >= 11 is 0. The number of carbonyl (C=O) groups is 2. The molecule has 2 amide bonds. The molecule has 1 saturated heterocycles. The molecule has 2 aromatic rings. The van der Waals surface area contributed by atoms with Crippen molar-refractivity contribution in [3.05, 3.63) is 40.1 Å². The van der Waals surface area contributed by atoms with Crippen LogP contribution in [-0.4, -0.2) is 108 Å². The molecule has 0 aromatic carbocycles. The van der Waals surface area contributed by atoms with Crippen LogP contribution < -0.4 is 21.1 Å². The van der Waals surface area contributed by atoms with Crippen LogP contribution in [0.1, 0.15) is 45.2 Å². The van der Waals surface area contributed by atoms with Crippen molar-refractivity contribution in [1.82, 2.24) is 30.0 Å². The van der Waals surface area contributed by atoms with Gasteiger partial charge in [-0.15, -0.1) is 0 Å². The van der Waals surface area contributed by atoms with Crippen molar-refractivity contribution in [3.63, 3.8) is 0 Å². The first-order valence-electron chi connectivity index (χ1n) is 16.9. The van der Waals surface area contributed by atoms with Gasteiger partial charge in [0.25, 0.3) is 5.56 Å². The summed E-state index contributed by atoms with van der Waals surface area (Å²) in [5.41, 5.74) is -5.18. The van der Waals surface area contributed by atoms with Gasteiger partial charge in [-0.3, -0.25) is 9.59 Å². The Balaban J connectivity index is 1.61. The second kappa shape index (κ2) is 17.9. The van der Waals surface area contributed by atoms with Gasteiger partial charge in [0.05, 0.1) is 36.7 Å². The van der Waals surface area contributed by atoms with Crippen molar-refractivity contribution in [2.75, 3.05) is 56.2 Å². The molecule has 14 nitrogen and oxygen atoms in total. The zero-order valence-electron chi connectivity index (χ0n) is 30.9. The van der Waals surface area contributed by atoms with Gasteiger partial charge in [0.1, 0.15) is 17.9 Å². The van der Waals surface area contributed by atoms with E-state index in [2.05, 4.69) is 45.3 Å². The summed E-state index contributed by atoms with van der Waals surface area (Å²) in [6.07, 6.45) is -8.33. The summed E-state index contributed by atoms with van der Waals surface area (Å²) < 4.78 is 97.8. The lowest BCUT2D eigenvalue weighted by molar-refractivity contribution is -0.139. The largest absolute Gasteiger partial charge is 0.444 e. The Bertz CT molecular complexity index is 1570. The number of alkyl halides is 6. The van der Waals surface area contributed by atoms with E-state index < -0.39 is 73.3 Å². The Kier molecular flexibility index (Phi) is 14.7. The minimum absolute atomic E-state index is 0.0897. The SMILES string of the molecule is CC(COCC(CC(=O)N1CCN(c2ncc(C(F)(F)F)cn2)CC1)NC(=O)OC(C)(C)C)Nc1cnn(COCC[Si](C)(C)C)c(=O)c1C(F)(F)F. The normalized spacial score (nSPS) is 15.6. The minimum Gasteiger partial charge on any atom is -0.444 e. The first-order chi connectivity index (χ1) is 24.4. The van der Waals surface area contributed by atoms with Gasteiger partial charge in [-0.05, 0) is 33.7 Å². The third-order valence-electron chi connectivity index (χ3n) is 7.65. The lowest BCUT2D eigenvalue weighted by Crippen LogP contribution is -2.51. The number of carbonyl (C=O) groups excluding carboxylic acids is 2. The second-order valence-electron chi connectivity index (χ2n) is 14.9. The standard InChI is InChI=1S/C32H48F6N8O6Si/c1-21(42-24-17-41-46(20-50-12-13-53(5,6)7)27(48)26(24)32(36,37)38)18-51-19-23(43-29(49)52-30(2,3)4)14-25(47)44-8-10-45(11-9-44)28-39-15-22(16-40-28)31(33,34)35/h15-17,21,23,42H,8-14,18-20H2,1-7H3,(H,43,49). The van der Waals surface area contributed by atoms with Crippen LogP contribution in [0.4, 0.5) is 42.8 Å². The molecular weight excluding hydrogens is 734 g/mol. The van der Waals surface area contributed by atoms with Gasteiger partial charge >= 0.3 is 18.4 Å². The van der Waals surface area contributed by atoms with E-state index in [0.717, 1.165) is 12.2 Å². The molecule has 0 bridgehead atoms. The maximum Gasteiger partial charge on any atom is 0.423 e. The molecule has 0 radical (unpaired) electrons. The molecule has 3 heterocycles. The van der Waals surface area contributed by atoms with E-state index in [9.17, 15) is 40.7 Å². The molecule has 1 aliphatic rings. The Morgan fingerprint density at radius 3 is 2.09 bits per heavy atom. The lowest BCUT2D eigenvalue weighted by Gasteiger charge is -2.35. The number of hydrogen-bond donors (Lipinski definition) is 2. The molecule has 2 atom stereocenters. The van der Waals surface area contributed by atoms with Crippen molar-refractivity contribution in [3.8, 4) is 0 Å². The number of halogens is 6. The fraction of sp³-hybridized carbons (Fsp3) is 0.688. The molecule has 298 valence electrons. The third-order valence-corrected chi connectivity index (χ3v) is 9.35. The average Bonchev–Trinajstić information content (AvgIpc) is 3.01. The van der Waals surface area contributed by atoms with Gasteiger partial charge in [-0.2, -0.15) is 31.4 Å². The number of piperazine rings is 1. The summed E-state index contributed by atoms with van der Waals surface area (Å²) in [6, 6.07) is -0.924. The lowest BCUT2D eigenvalue weighted by atomic mass is 10.1. The summed E-state index contributed by atoms with van der Waals surface area (Å²) in [4.78, 5) is 49.4. The number of alkyl carbamates (subject to hydrolysis) is 1. The molecule has 1 aliphatic heterocycles. The van der Waals surface area contributed by atoms with Gasteiger partial charge in [0.15, 0.2) is 0 Å². The van der Waals surface area contributed by atoms with Crippen LogP contribution in [-0.2, 0) is 38.1 Å². The summed E-state index contributed by atoms with van der Waals surface area (Å²) in [6.45, 7) is 13.1. The van der Waals surface area contributed by atoms with Gasteiger partial charge in [-0.25, -0.2) is 19.4 Å². The van der Waals surface area contributed by atoms with Crippen LogP contribution in [0, 0.1) is 0 Å². The van der Waals surface area contributed by atoms with Crippen LogP contribution in [0.3, 0.4) is 0 Å². The molecule has 21 heteroatoms. The Morgan fingerprint density at radius 2 is 1.55 bits per heavy atom. The smallest absolute Gasteiger partial charge is 0.423 e. The van der Waals surface area contributed by atoms with Gasteiger partial charge < -0.3 is 34.6 Å². The van der Waals surface area contributed by atoms with Gasteiger partial charge in [-0.1, -0.05) is 19.6 Å². The van der Waals surface area contributed by atoms with Crippen LogP contribution in [0.2, 0.25) is 25.7 Å². The fourth-order valence-corrected chi connectivity index (χ4v) is 5.70. The van der Waals surface area contributed by atoms with Crippen LogP contribution in [0.25, 0.3) is 0 Å². The van der Waals surface area contributed by atoms with Crippen LogP contribution in [0.5, 0.6) is 0 Å². The number of hydrogen-bond acceptors (Lipinski definition) is 11. The first-order valence-corrected chi connectivity index (χ1v) is 20.6. The zero-order valence-corrected chi connectivity index (χ0v) is 31.9. The third kappa shape index (κ3) is 14.4. The second-order valence-corrected chi connectivity index (χ2v) is 20.5. The first kappa shape index (κ1) is 43.4. The van der Waals surface area contributed by atoms with Crippen LogP contribution in [0.15, 0.2) is 23.4 Å². The van der Waals surface area contributed by atoms with Crippen molar-refractivity contribution < 1.29 is 50.1 Å². The quantitative estimate of drug-likeness (QED) is 0.145. The predicted octanol–water partition coefficient (Wildman–Crippen LogP) is 4.83. The van der Waals surface area contributed by atoms with E-state index in [-0.39, 0.29) is 64.3 Å². The monoisotopic (exact) mass is 782 g/mol. The highest BCUT2D eigenvalue weighted by atomic mass is 28.3. The molecular formula is C32H48F6N8O6Si. The minimum atomic E-state index is -5.00. The van der Waals surface area contributed by atoms with Crippen molar-refractivity contribution in [1.29, 1.82) is 0 Å². The molecule has 3 rings (SSSR count). The maximum absolute atomic E-state index is 14.0. The number of nitrogens with zero attached hydrogens (tertiary/aromatic N) is 6. The topological polar surface area (TPSA) is 153 Å².